The molecule has 1 aromatic carbocycles. The molecule has 2 N–H and O–H groups in total. The van der Waals surface area contributed by atoms with Crippen LogP contribution in [0.2, 0.25) is 0 Å². The van der Waals surface area contributed by atoms with Crippen LogP contribution in [0.15, 0.2) is 30.5 Å². The van der Waals surface area contributed by atoms with Gasteiger partial charge in [-0.05, 0) is 37.0 Å². The number of amides is 1. The second-order valence-corrected chi connectivity index (χ2v) is 9.69. The van der Waals surface area contributed by atoms with E-state index in [0.717, 1.165) is 37.9 Å². The van der Waals surface area contributed by atoms with E-state index in [0.29, 0.717) is 23.7 Å². The van der Waals surface area contributed by atoms with E-state index in [2.05, 4.69) is 4.98 Å². The van der Waals surface area contributed by atoms with Crippen molar-refractivity contribution < 1.29 is 35.5 Å². The highest BCUT2D eigenvalue weighted by Gasteiger charge is 2.46. The predicted octanol–water partition coefficient (Wildman–Crippen LogP) is 6.07. The molecule has 37 heavy (non-hydrogen) atoms. The Kier molecular flexibility index (Phi) is 7.57. The first kappa shape index (κ1) is 27.0. The number of pyridine rings is 1. The van der Waals surface area contributed by atoms with Gasteiger partial charge in [0.05, 0.1) is 29.7 Å². The summed E-state index contributed by atoms with van der Waals surface area (Å²) >= 11 is 0. The molecule has 0 saturated heterocycles. The third-order valence-corrected chi connectivity index (χ3v) is 7.17. The molecule has 0 spiro atoms. The van der Waals surface area contributed by atoms with E-state index in [-0.39, 0.29) is 23.6 Å². The van der Waals surface area contributed by atoms with Crippen LogP contribution in [0.25, 0.3) is 0 Å². The van der Waals surface area contributed by atoms with Crippen molar-refractivity contribution in [1.29, 1.82) is 0 Å². The Bertz CT molecular complexity index is 1130. The number of benzene rings is 1. The zero-order valence-electron chi connectivity index (χ0n) is 19.9. The van der Waals surface area contributed by atoms with Gasteiger partial charge in [0.2, 0.25) is 0 Å². The summed E-state index contributed by atoms with van der Waals surface area (Å²) in [5.74, 6) is -2.59. The number of halogens is 7. The average molecular weight is 533 g/mol. The van der Waals surface area contributed by atoms with Crippen LogP contribution in [0.3, 0.4) is 0 Å². The van der Waals surface area contributed by atoms with Crippen LogP contribution >= 0.6 is 0 Å². The van der Waals surface area contributed by atoms with E-state index in [1.807, 2.05) is 0 Å². The summed E-state index contributed by atoms with van der Waals surface area (Å²) < 4.78 is 96.0. The van der Waals surface area contributed by atoms with Crippen molar-refractivity contribution in [2.24, 2.45) is 5.92 Å². The molecule has 2 aliphatic rings. The first-order valence-electron chi connectivity index (χ1n) is 12.1. The normalized spacial score (nSPS) is 19.2. The molecule has 1 aromatic heterocycles. The molecule has 0 unspecified atom stereocenters. The number of nitrogens with zero attached hydrogens (tertiary/aromatic N) is 3. The van der Waals surface area contributed by atoms with E-state index in [4.69, 9.17) is 5.73 Å². The van der Waals surface area contributed by atoms with Crippen molar-refractivity contribution in [3.05, 3.63) is 53.1 Å². The minimum atomic E-state index is -5.24. The van der Waals surface area contributed by atoms with Crippen LogP contribution in [0.1, 0.15) is 55.3 Å². The number of fused-ring (bicyclic) bond motifs is 1. The molecule has 5 nitrogen and oxygen atoms in total. The van der Waals surface area contributed by atoms with Crippen LogP contribution in [-0.4, -0.2) is 34.6 Å². The molecule has 0 radical (unpaired) electrons. The first-order chi connectivity index (χ1) is 17.3. The number of aromatic nitrogens is 1. The minimum Gasteiger partial charge on any atom is -0.396 e. The maximum atomic E-state index is 14.0. The Morgan fingerprint density at radius 2 is 1.78 bits per heavy atom. The summed E-state index contributed by atoms with van der Waals surface area (Å²) in [5.41, 5.74) is 4.22. The number of hydrogen-bond donors (Lipinski definition) is 1. The van der Waals surface area contributed by atoms with Gasteiger partial charge in [-0.25, -0.2) is 4.39 Å². The van der Waals surface area contributed by atoms with Gasteiger partial charge in [0, 0.05) is 30.4 Å². The summed E-state index contributed by atoms with van der Waals surface area (Å²) in [5, 5.41) is 0. The fraction of sp³-hybridized carbons (Fsp3) is 0.520. The highest BCUT2D eigenvalue weighted by molar-refractivity contribution is 5.82. The number of rotatable bonds is 5. The lowest BCUT2D eigenvalue weighted by molar-refractivity contribution is -0.186. The number of hydrogen-bond acceptors (Lipinski definition) is 4. The van der Waals surface area contributed by atoms with Gasteiger partial charge in [0.25, 0.3) is 0 Å². The predicted molar refractivity (Wildman–Crippen MR) is 123 cm³/mol. The number of alkyl halides is 6. The van der Waals surface area contributed by atoms with Crippen molar-refractivity contribution in [2.75, 3.05) is 17.2 Å². The van der Waals surface area contributed by atoms with Crippen LogP contribution < -0.4 is 10.6 Å². The molecule has 1 aliphatic carbocycles. The third-order valence-electron chi connectivity index (χ3n) is 7.17. The summed E-state index contributed by atoms with van der Waals surface area (Å²) in [6.07, 6.45) is -4.14. The zero-order valence-corrected chi connectivity index (χ0v) is 19.9. The second-order valence-electron chi connectivity index (χ2n) is 9.69. The monoisotopic (exact) mass is 532 g/mol. The molecular formula is C25H27F7N4O. The van der Waals surface area contributed by atoms with Crippen molar-refractivity contribution in [2.45, 2.75) is 70.0 Å². The fourth-order valence-corrected chi connectivity index (χ4v) is 5.36. The number of carbonyl (C=O) groups is 1. The Balaban J connectivity index is 1.81. The molecule has 1 aliphatic heterocycles. The Labute approximate surface area is 209 Å². The average Bonchev–Trinajstić information content (AvgIpc) is 3.28. The molecule has 12 heteroatoms. The number of nitrogen functional groups attached to an aromatic ring is 1. The van der Waals surface area contributed by atoms with E-state index < -0.39 is 54.3 Å². The van der Waals surface area contributed by atoms with Crippen LogP contribution in [-0.2, 0) is 24.1 Å². The standard InChI is InChI=1S/C25H27F7N4O/c26-20-11-34-16(10-21(20)33)12-36-17(9-8-15-4-1-2-5-15)13-35(23(37)25(30,31)32)14-18-19(24(27,28)29)6-3-7-22(18)36/h3,6-7,10-11,15,17H,1-2,4-5,8-9,12-14H2,(H2,33,34)/t17-/m0/s1. The van der Waals surface area contributed by atoms with Gasteiger partial charge in [-0.3, -0.25) is 9.78 Å². The topological polar surface area (TPSA) is 62.5 Å². The minimum absolute atomic E-state index is 0.0633. The van der Waals surface area contributed by atoms with Gasteiger partial charge in [0.1, 0.15) is 0 Å². The summed E-state index contributed by atoms with van der Waals surface area (Å²) in [6, 6.07) is 3.91. The largest absolute Gasteiger partial charge is 0.471 e. The van der Waals surface area contributed by atoms with Gasteiger partial charge in [-0.1, -0.05) is 31.7 Å². The summed E-state index contributed by atoms with van der Waals surface area (Å²) in [6.45, 7) is -1.39. The lowest BCUT2D eigenvalue weighted by atomic mass is 9.97. The Morgan fingerprint density at radius 1 is 1.08 bits per heavy atom. The number of anilines is 2. The highest BCUT2D eigenvalue weighted by Crippen LogP contribution is 2.41. The summed E-state index contributed by atoms with van der Waals surface area (Å²) in [4.78, 5) is 18.3. The van der Waals surface area contributed by atoms with Gasteiger partial charge in [-0.2, -0.15) is 26.3 Å². The molecule has 202 valence electrons. The van der Waals surface area contributed by atoms with Gasteiger partial charge >= 0.3 is 18.3 Å². The molecule has 1 amide bonds. The van der Waals surface area contributed by atoms with Crippen molar-refractivity contribution >= 4 is 17.3 Å². The molecule has 2 heterocycles. The smallest absolute Gasteiger partial charge is 0.396 e. The molecule has 1 saturated carbocycles. The molecule has 1 atom stereocenters. The quantitative estimate of drug-likeness (QED) is 0.475. The van der Waals surface area contributed by atoms with Gasteiger partial charge < -0.3 is 15.5 Å². The Hall–Kier alpha value is -3.05. The number of carbonyl (C=O) groups excluding carboxylic acids is 1. The third kappa shape index (κ3) is 6.10. The van der Waals surface area contributed by atoms with Crippen molar-refractivity contribution in [1.82, 2.24) is 9.88 Å². The second kappa shape index (κ2) is 10.4. The van der Waals surface area contributed by atoms with E-state index >= 15 is 0 Å². The van der Waals surface area contributed by atoms with Crippen LogP contribution in [0.4, 0.5) is 42.1 Å². The zero-order chi connectivity index (χ0) is 27.0. The molecule has 0 bridgehead atoms. The fourth-order valence-electron chi connectivity index (χ4n) is 5.36. The van der Waals surface area contributed by atoms with Gasteiger partial charge in [-0.15, -0.1) is 0 Å². The highest BCUT2D eigenvalue weighted by atomic mass is 19.4. The maximum Gasteiger partial charge on any atom is 0.471 e. The molecule has 4 rings (SSSR count). The van der Waals surface area contributed by atoms with Crippen molar-refractivity contribution in [3.63, 3.8) is 0 Å². The maximum absolute atomic E-state index is 14.0. The van der Waals surface area contributed by atoms with Crippen LogP contribution in [0, 0.1) is 11.7 Å². The lowest BCUT2D eigenvalue weighted by Crippen LogP contribution is -2.47. The van der Waals surface area contributed by atoms with Crippen molar-refractivity contribution in [3.8, 4) is 0 Å². The molecule has 1 fully saturated rings. The SMILES string of the molecule is Nc1cc(CN2c3cccc(C(F)(F)F)c3CN(C(=O)C(F)(F)F)C[C@@H]2CCC2CCCC2)ncc1F. The first-order valence-corrected chi connectivity index (χ1v) is 12.1. The number of nitrogens with two attached hydrogens (primary N) is 1. The molecular weight excluding hydrogens is 505 g/mol. The summed E-state index contributed by atoms with van der Waals surface area (Å²) in [7, 11) is 0. The van der Waals surface area contributed by atoms with E-state index in [1.165, 1.54) is 18.2 Å². The molecule has 2 aromatic rings. The van der Waals surface area contributed by atoms with Gasteiger partial charge in [0.15, 0.2) is 5.82 Å². The van der Waals surface area contributed by atoms with Crippen LogP contribution in [0.5, 0.6) is 0 Å². The van der Waals surface area contributed by atoms with E-state index in [1.54, 1.807) is 4.90 Å². The lowest BCUT2D eigenvalue weighted by Gasteiger charge is -2.35. The van der Waals surface area contributed by atoms with E-state index in [9.17, 15) is 35.5 Å². The Morgan fingerprint density at radius 3 is 2.41 bits per heavy atom.